The molecule has 5 rings (SSSR count). The zero-order chi connectivity index (χ0) is 19.8. The fourth-order valence-electron chi connectivity index (χ4n) is 4.18. The molecule has 1 aliphatic heterocycles. The lowest BCUT2D eigenvalue weighted by Gasteiger charge is -2.27. The number of fused-ring (bicyclic) bond motifs is 1. The molecule has 3 heterocycles. The normalized spacial score (nSPS) is 22.6. The summed E-state index contributed by atoms with van der Waals surface area (Å²) in [5, 5.41) is 6.97. The number of hydrazone groups is 1. The molecule has 0 saturated heterocycles. The van der Waals surface area contributed by atoms with Crippen molar-refractivity contribution >= 4 is 29.3 Å². The molecule has 0 spiro atoms. The molecule has 0 unspecified atom stereocenters. The molecule has 1 aliphatic carbocycles. The Morgan fingerprint density at radius 3 is 2.62 bits per heavy atom. The highest BCUT2D eigenvalue weighted by Crippen LogP contribution is 2.45. The van der Waals surface area contributed by atoms with Gasteiger partial charge in [-0.05, 0) is 79.4 Å². The molecule has 1 aromatic carbocycles. The monoisotopic (exact) mass is 406 g/mol. The molecular weight excluding hydrogens is 388 g/mol. The Morgan fingerprint density at radius 2 is 1.90 bits per heavy atom. The van der Waals surface area contributed by atoms with Gasteiger partial charge in [0, 0.05) is 16.5 Å². The SMILES string of the molecule is O=C(c1ccc(Cl)cc1)N1N=C2/C(=C/c3ccco3)CCC[C@H]2[C@H]1c1ccco1. The highest BCUT2D eigenvalue weighted by molar-refractivity contribution is 6.30. The van der Waals surface area contributed by atoms with Crippen LogP contribution in [-0.4, -0.2) is 16.6 Å². The summed E-state index contributed by atoms with van der Waals surface area (Å²) in [4.78, 5) is 13.3. The van der Waals surface area contributed by atoms with Gasteiger partial charge < -0.3 is 8.83 Å². The summed E-state index contributed by atoms with van der Waals surface area (Å²) in [7, 11) is 0. The molecule has 5 nitrogen and oxygen atoms in total. The first kappa shape index (κ1) is 18.0. The minimum atomic E-state index is -0.261. The maximum absolute atomic E-state index is 13.3. The minimum Gasteiger partial charge on any atom is -0.467 e. The Balaban J connectivity index is 1.56. The van der Waals surface area contributed by atoms with E-state index in [1.54, 1.807) is 41.8 Å². The molecule has 1 saturated carbocycles. The van der Waals surface area contributed by atoms with E-state index in [2.05, 4.69) is 0 Å². The van der Waals surface area contributed by atoms with Crippen LogP contribution in [0.1, 0.15) is 47.2 Å². The van der Waals surface area contributed by atoms with E-state index in [1.165, 1.54) is 0 Å². The van der Waals surface area contributed by atoms with Crippen molar-refractivity contribution < 1.29 is 13.6 Å². The van der Waals surface area contributed by atoms with Crippen LogP contribution >= 0.6 is 11.6 Å². The van der Waals surface area contributed by atoms with Crippen molar-refractivity contribution in [3.8, 4) is 0 Å². The van der Waals surface area contributed by atoms with Gasteiger partial charge in [0.2, 0.25) is 0 Å². The highest BCUT2D eigenvalue weighted by Gasteiger charge is 2.45. The predicted octanol–water partition coefficient (Wildman–Crippen LogP) is 5.96. The van der Waals surface area contributed by atoms with Crippen molar-refractivity contribution in [2.45, 2.75) is 25.3 Å². The molecular formula is C23H19ClN2O3. The highest BCUT2D eigenvalue weighted by atomic mass is 35.5. The van der Waals surface area contributed by atoms with Crippen LogP contribution in [0.2, 0.25) is 5.02 Å². The first-order valence-electron chi connectivity index (χ1n) is 9.66. The quantitative estimate of drug-likeness (QED) is 0.539. The molecule has 0 radical (unpaired) electrons. The Hall–Kier alpha value is -3.05. The largest absolute Gasteiger partial charge is 0.467 e. The summed E-state index contributed by atoms with van der Waals surface area (Å²) in [5.74, 6) is 1.46. The molecule has 0 bridgehead atoms. The second kappa shape index (κ2) is 7.41. The Bertz CT molecular complexity index is 1070. The van der Waals surface area contributed by atoms with Crippen molar-refractivity contribution in [1.82, 2.24) is 5.01 Å². The lowest BCUT2D eigenvalue weighted by atomic mass is 9.79. The Labute approximate surface area is 173 Å². The molecule has 1 amide bonds. The summed E-state index contributed by atoms with van der Waals surface area (Å²) in [6.07, 6.45) is 8.21. The van der Waals surface area contributed by atoms with Gasteiger partial charge in [0.25, 0.3) is 5.91 Å². The second-order valence-corrected chi connectivity index (χ2v) is 7.72. The fourth-order valence-corrected chi connectivity index (χ4v) is 4.30. The van der Waals surface area contributed by atoms with Crippen molar-refractivity contribution in [1.29, 1.82) is 0 Å². The summed E-state index contributed by atoms with van der Waals surface area (Å²) in [6, 6.07) is 14.2. The third kappa shape index (κ3) is 3.32. The van der Waals surface area contributed by atoms with E-state index < -0.39 is 0 Å². The van der Waals surface area contributed by atoms with E-state index >= 15 is 0 Å². The van der Waals surface area contributed by atoms with Crippen LogP contribution < -0.4 is 0 Å². The first-order chi connectivity index (χ1) is 14.2. The Kier molecular flexibility index (Phi) is 4.60. The molecule has 29 heavy (non-hydrogen) atoms. The maximum Gasteiger partial charge on any atom is 0.274 e. The number of nitrogens with zero attached hydrogens (tertiary/aromatic N) is 2. The van der Waals surface area contributed by atoms with Gasteiger partial charge in [-0.3, -0.25) is 4.79 Å². The Morgan fingerprint density at radius 1 is 1.10 bits per heavy atom. The molecule has 2 atom stereocenters. The number of furan rings is 2. The van der Waals surface area contributed by atoms with Gasteiger partial charge >= 0.3 is 0 Å². The minimum absolute atomic E-state index is 0.0902. The fraction of sp³-hybridized carbons (Fsp3) is 0.217. The smallest absolute Gasteiger partial charge is 0.274 e. The average molecular weight is 407 g/mol. The van der Waals surface area contributed by atoms with Crippen LogP contribution in [0.15, 0.2) is 80.6 Å². The van der Waals surface area contributed by atoms with Crippen LogP contribution in [0, 0.1) is 5.92 Å². The number of halogens is 1. The second-order valence-electron chi connectivity index (χ2n) is 7.29. The predicted molar refractivity (Wildman–Crippen MR) is 111 cm³/mol. The van der Waals surface area contributed by atoms with E-state index in [1.807, 2.05) is 30.3 Å². The standard InChI is InChI=1S/C23H19ClN2O3/c24-17-10-8-15(9-11-17)23(27)26-22(20-7-3-13-29-20)19-6-1-4-16(21(19)25-26)14-18-5-2-12-28-18/h2-3,5,7-14,19,22H,1,4,6H2/b16-14+/t19-,22+/m1/s1. The zero-order valence-corrected chi connectivity index (χ0v) is 16.4. The van der Waals surface area contributed by atoms with E-state index in [9.17, 15) is 4.79 Å². The topological polar surface area (TPSA) is 59.0 Å². The van der Waals surface area contributed by atoms with Crippen molar-refractivity contribution in [2.75, 3.05) is 0 Å². The van der Waals surface area contributed by atoms with E-state index in [0.717, 1.165) is 42.1 Å². The average Bonchev–Trinajstić information content (AvgIpc) is 3.48. The number of amides is 1. The number of carbonyl (C=O) groups is 1. The summed E-state index contributed by atoms with van der Waals surface area (Å²) >= 11 is 5.99. The van der Waals surface area contributed by atoms with Crippen LogP contribution in [0.3, 0.4) is 0 Å². The van der Waals surface area contributed by atoms with Crippen molar-refractivity contribution in [2.24, 2.45) is 11.0 Å². The van der Waals surface area contributed by atoms with Crippen LogP contribution in [0.5, 0.6) is 0 Å². The third-order valence-electron chi connectivity index (χ3n) is 5.50. The molecule has 1 fully saturated rings. The number of allylic oxidation sites excluding steroid dienone is 1. The van der Waals surface area contributed by atoms with Gasteiger partial charge in [0.15, 0.2) is 0 Å². The first-order valence-corrected chi connectivity index (χ1v) is 10.0. The summed E-state index contributed by atoms with van der Waals surface area (Å²) in [5.41, 5.74) is 2.60. The van der Waals surface area contributed by atoms with Crippen LogP contribution in [-0.2, 0) is 0 Å². The maximum atomic E-state index is 13.3. The number of benzene rings is 1. The number of hydrogen-bond acceptors (Lipinski definition) is 4. The molecule has 2 aromatic heterocycles. The van der Waals surface area contributed by atoms with Gasteiger partial charge in [-0.2, -0.15) is 5.10 Å². The molecule has 0 N–H and O–H groups in total. The molecule has 2 aliphatic rings. The van der Waals surface area contributed by atoms with Gasteiger partial charge in [0.1, 0.15) is 17.6 Å². The van der Waals surface area contributed by atoms with Crippen LogP contribution in [0.4, 0.5) is 0 Å². The van der Waals surface area contributed by atoms with Crippen molar-refractivity contribution in [3.63, 3.8) is 0 Å². The van der Waals surface area contributed by atoms with Gasteiger partial charge in [-0.15, -0.1) is 0 Å². The summed E-state index contributed by atoms with van der Waals surface area (Å²) in [6.45, 7) is 0. The third-order valence-corrected chi connectivity index (χ3v) is 5.75. The zero-order valence-electron chi connectivity index (χ0n) is 15.6. The van der Waals surface area contributed by atoms with E-state index in [4.69, 9.17) is 25.5 Å². The molecule has 3 aromatic rings. The lowest BCUT2D eigenvalue weighted by Crippen LogP contribution is -2.31. The van der Waals surface area contributed by atoms with E-state index in [0.29, 0.717) is 10.6 Å². The summed E-state index contributed by atoms with van der Waals surface area (Å²) < 4.78 is 11.2. The van der Waals surface area contributed by atoms with Gasteiger partial charge in [0.05, 0.1) is 18.2 Å². The molecule has 6 heteroatoms. The van der Waals surface area contributed by atoms with Crippen molar-refractivity contribution in [3.05, 3.63) is 88.7 Å². The molecule has 146 valence electrons. The van der Waals surface area contributed by atoms with E-state index in [-0.39, 0.29) is 17.9 Å². The number of carbonyl (C=O) groups excluding carboxylic acids is 1. The number of hydrogen-bond donors (Lipinski definition) is 0. The number of rotatable bonds is 3. The van der Waals surface area contributed by atoms with Gasteiger partial charge in [-0.1, -0.05) is 11.6 Å². The lowest BCUT2D eigenvalue weighted by molar-refractivity contribution is 0.0656. The van der Waals surface area contributed by atoms with Gasteiger partial charge in [-0.25, -0.2) is 5.01 Å². The van der Waals surface area contributed by atoms with Crippen LogP contribution in [0.25, 0.3) is 6.08 Å².